The first-order valence-electron chi connectivity index (χ1n) is 8.52. The van der Waals surface area contributed by atoms with Crippen LogP contribution in [0.1, 0.15) is 21.5 Å². The van der Waals surface area contributed by atoms with Gasteiger partial charge in [0.1, 0.15) is 0 Å². The summed E-state index contributed by atoms with van der Waals surface area (Å²) in [6.07, 6.45) is 0.233. The minimum absolute atomic E-state index is 0.195. The highest BCUT2D eigenvalue weighted by Gasteiger charge is 2.12. The summed E-state index contributed by atoms with van der Waals surface area (Å²) in [5, 5.41) is 5.98. The Morgan fingerprint density at radius 3 is 2.30 bits per heavy atom. The number of hydrogen-bond acceptors (Lipinski definition) is 2. The van der Waals surface area contributed by atoms with Crippen molar-refractivity contribution >= 4 is 34.8 Å². The molecule has 3 rings (SSSR count). The Hall–Kier alpha value is -3.11. The van der Waals surface area contributed by atoms with Crippen molar-refractivity contribution in [2.45, 2.75) is 13.3 Å². The van der Waals surface area contributed by atoms with Gasteiger partial charge in [-0.05, 0) is 42.8 Å². The molecule has 5 heteroatoms. The number of carbonyl (C=O) groups is 2. The molecular formula is C22H19ClN2O2. The molecule has 0 aliphatic rings. The number of nitrogens with one attached hydrogen (secondary N) is 2. The molecule has 0 spiro atoms. The number of aryl methyl sites for hydroxylation is 1. The van der Waals surface area contributed by atoms with Crippen molar-refractivity contribution in [3.05, 3.63) is 94.5 Å². The molecule has 3 aromatic carbocycles. The van der Waals surface area contributed by atoms with Gasteiger partial charge in [-0.1, -0.05) is 59.6 Å². The lowest BCUT2D eigenvalue weighted by Gasteiger charge is -2.10. The van der Waals surface area contributed by atoms with Crippen molar-refractivity contribution < 1.29 is 9.59 Å². The fraction of sp³-hybridized carbons (Fsp3) is 0.0909. The van der Waals surface area contributed by atoms with Crippen molar-refractivity contribution in [1.29, 1.82) is 0 Å². The fourth-order valence-corrected chi connectivity index (χ4v) is 2.74. The van der Waals surface area contributed by atoms with Crippen LogP contribution in [0.5, 0.6) is 0 Å². The number of amides is 2. The van der Waals surface area contributed by atoms with E-state index in [1.54, 1.807) is 18.2 Å². The van der Waals surface area contributed by atoms with Gasteiger partial charge in [-0.3, -0.25) is 9.59 Å². The second-order valence-corrected chi connectivity index (χ2v) is 6.63. The standard InChI is InChI=1S/C22H19ClN2O2/c1-15-7-10-18(11-8-15)24-22(27)17-9-12-19(23)20(14-17)25-21(26)13-16-5-3-2-4-6-16/h2-12,14H,13H2,1H3,(H,24,27)(H,25,26). The van der Waals surface area contributed by atoms with Gasteiger partial charge >= 0.3 is 0 Å². The SMILES string of the molecule is Cc1ccc(NC(=O)c2ccc(Cl)c(NC(=O)Cc3ccccc3)c2)cc1. The van der Waals surface area contributed by atoms with Gasteiger partial charge in [0.05, 0.1) is 17.1 Å². The summed E-state index contributed by atoms with van der Waals surface area (Å²) in [6, 6.07) is 21.7. The monoisotopic (exact) mass is 378 g/mol. The van der Waals surface area contributed by atoms with E-state index in [9.17, 15) is 9.59 Å². The van der Waals surface area contributed by atoms with Crippen LogP contribution in [0.25, 0.3) is 0 Å². The maximum Gasteiger partial charge on any atom is 0.255 e. The molecule has 2 N–H and O–H groups in total. The first-order valence-corrected chi connectivity index (χ1v) is 8.90. The van der Waals surface area contributed by atoms with Crippen molar-refractivity contribution in [3.8, 4) is 0 Å². The quantitative estimate of drug-likeness (QED) is 0.650. The summed E-state index contributed by atoms with van der Waals surface area (Å²) in [5.41, 5.74) is 3.54. The van der Waals surface area contributed by atoms with Gasteiger partial charge in [0.2, 0.25) is 5.91 Å². The Balaban J connectivity index is 1.70. The number of benzene rings is 3. The molecule has 136 valence electrons. The molecule has 0 aromatic heterocycles. The van der Waals surface area contributed by atoms with E-state index < -0.39 is 0 Å². The number of rotatable bonds is 5. The van der Waals surface area contributed by atoms with Crippen molar-refractivity contribution in [2.75, 3.05) is 10.6 Å². The van der Waals surface area contributed by atoms with Crippen LogP contribution in [-0.2, 0) is 11.2 Å². The number of hydrogen-bond donors (Lipinski definition) is 2. The van der Waals surface area contributed by atoms with Gasteiger partial charge in [-0.15, -0.1) is 0 Å². The minimum atomic E-state index is -0.269. The lowest BCUT2D eigenvalue weighted by Crippen LogP contribution is -2.16. The highest BCUT2D eigenvalue weighted by atomic mass is 35.5. The number of halogens is 1. The van der Waals surface area contributed by atoms with Crippen LogP contribution in [0.3, 0.4) is 0 Å². The molecule has 2 amide bonds. The second kappa shape index (κ2) is 8.52. The summed E-state index contributed by atoms with van der Waals surface area (Å²) >= 11 is 6.18. The Morgan fingerprint density at radius 1 is 0.889 bits per heavy atom. The average molecular weight is 379 g/mol. The lowest BCUT2D eigenvalue weighted by molar-refractivity contribution is -0.115. The molecule has 0 radical (unpaired) electrons. The van der Waals surface area contributed by atoms with Crippen LogP contribution >= 0.6 is 11.6 Å². The Bertz CT molecular complexity index is 954. The summed E-state index contributed by atoms with van der Waals surface area (Å²) in [7, 11) is 0. The summed E-state index contributed by atoms with van der Waals surface area (Å²) in [4.78, 5) is 24.7. The molecule has 4 nitrogen and oxygen atoms in total. The van der Waals surface area contributed by atoms with Crippen LogP contribution < -0.4 is 10.6 Å². The third-order valence-electron chi connectivity index (χ3n) is 4.02. The third kappa shape index (κ3) is 5.19. The Kier molecular flexibility index (Phi) is 5.89. The maximum atomic E-state index is 12.5. The zero-order valence-electron chi connectivity index (χ0n) is 14.8. The molecule has 0 aliphatic carbocycles. The van der Waals surface area contributed by atoms with Gasteiger partial charge in [0, 0.05) is 11.3 Å². The highest BCUT2D eigenvalue weighted by Crippen LogP contribution is 2.24. The zero-order chi connectivity index (χ0) is 19.2. The van der Waals surface area contributed by atoms with Crippen LogP contribution in [-0.4, -0.2) is 11.8 Å². The van der Waals surface area contributed by atoms with Crippen molar-refractivity contribution in [3.63, 3.8) is 0 Å². The Labute approximate surface area is 163 Å². The predicted molar refractivity (Wildman–Crippen MR) is 109 cm³/mol. The fourth-order valence-electron chi connectivity index (χ4n) is 2.58. The Morgan fingerprint density at radius 2 is 1.59 bits per heavy atom. The average Bonchev–Trinajstić information content (AvgIpc) is 2.66. The molecule has 0 bridgehead atoms. The van der Waals surface area contributed by atoms with Gasteiger partial charge < -0.3 is 10.6 Å². The van der Waals surface area contributed by atoms with Gasteiger partial charge in [-0.2, -0.15) is 0 Å². The maximum absolute atomic E-state index is 12.5. The summed E-state index contributed by atoms with van der Waals surface area (Å²) < 4.78 is 0. The molecular weight excluding hydrogens is 360 g/mol. The molecule has 0 heterocycles. The predicted octanol–water partition coefficient (Wildman–Crippen LogP) is 5.08. The van der Waals surface area contributed by atoms with E-state index in [4.69, 9.17) is 11.6 Å². The van der Waals surface area contributed by atoms with E-state index in [-0.39, 0.29) is 18.2 Å². The van der Waals surface area contributed by atoms with Crippen LogP contribution in [0.4, 0.5) is 11.4 Å². The molecule has 0 unspecified atom stereocenters. The molecule has 3 aromatic rings. The number of anilines is 2. The van der Waals surface area contributed by atoms with E-state index >= 15 is 0 Å². The van der Waals surface area contributed by atoms with Gasteiger partial charge in [0.25, 0.3) is 5.91 Å². The smallest absolute Gasteiger partial charge is 0.255 e. The molecule has 0 atom stereocenters. The van der Waals surface area contributed by atoms with E-state index in [0.29, 0.717) is 22.0 Å². The molecule has 0 fully saturated rings. The molecule has 0 saturated carbocycles. The first kappa shape index (κ1) is 18.7. The van der Waals surface area contributed by atoms with Crippen LogP contribution in [0.2, 0.25) is 5.02 Å². The molecule has 27 heavy (non-hydrogen) atoms. The third-order valence-corrected chi connectivity index (χ3v) is 4.35. The van der Waals surface area contributed by atoms with Crippen molar-refractivity contribution in [1.82, 2.24) is 0 Å². The first-order chi connectivity index (χ1) is 13.0. The van der Waals surface area contributed by atoms with E-state index in [0.717, 1.165) is 11.1 Å². The number of carbonyl (C=O) groups excluding carboxylic acids is 2. The van der Waals surface area contributed by atoms with Gasteiger partial charge in [0.15, 0.2) is 0 Å². The second-order valence-electron chi connectivity index (χ2n) is 6.23. The van der Waals surface area contributed by atoms with E-state index in [1.807, 2.05) is 61.5 Å². The normalized spacial score (nSPS) is 10.3. The van der Waals surface area contributed by atoms with E-state index in [1.165, 1.54) is 0 Å². The summed E-state index contributed by atoms with van der Waals surface area (Å²) in [6.45, 7) is 1.98. The summed E-state index contributed by atoms with van der Waals surface area (Å²) in [5.74, 6) is -0.465. The van der Waals surface area contributed by atoms with Crippen LogP contribution in [0, 0.1) is 6.92 Å². The van der Waals surface area contributed by atoms with E-state index in [2.05, 4.69) is 10.6 Å². The molecule has 0 saturated heterocycles. The van der Waals surface area contributed by atoms with Gasteiger partial charge in [-0.25, -0.2) is 0 Å². The zero-order valence-corrected chi connectivity index (χ0v) is 15.6. The highest BCUT2D eigenvalue weighted by molar-refractivity contribution is 6.34. The largest absolute Gasteiger partial charge is 0.324 e. The van der Waals surface area contributed by atoms with Crippen LogP contribution in [0.15, 0.2) is 72.8 Å². The topological polar surface area (TPSA) is 58.2 Å². The molecule has 0 aliphatic heterocycles. The lowest BCUT2D eigenvalue weighted by atomic mass is 10.1. The minimum Gasteiger partial charge on any atom is -0.324 e. The van der Waals surface area contributed by atoms with Crippen molar-refractivity contribution in [2.24, 2.45) is 0 Å².